The molecule has 1 aromatic heterocycles. The van der Waals surface area contributed by atoms with E-state index in [-0.39, 0.29) is 6.04 Å². The second-order valence-corrected chi connectivity index (χ2v) is 5.73. The standard InChI is InChI=1S/C17H22N4/c1-3-14(12-7-5-4-6-8-12)19-16-11(2)15(18)20-17(21-16)13-9-10-13/h4-8,13-14H,3,9-10H2,1-2H3,(H3,18,19,20,21). The Labute approximate surface area is 125 Å². The SMILES string of the molecule is CCC(Nc1nc(C2CC2)nc(N)c1C)c1ccccc1. The van der Waals surface area contributed by atoms with E-state index in [1.807, 2.05) is 13.0 Å². The zero-order valence-electron chi connectivity index (χ0n) is 12.6. The number of nitrogens with two attached hydrogens (primary N) is 1. The summed E-state index contributed by atoms with van der Waals surface area (Å²) in [5, 5.41) is 3.55. The van der Waals surface area contributed by atoms with Gasteiger partial charge in [0, 0.05) is 11.5 Å². The second kappa shape index (κ2) is 5.72. The summed E-state index contributed by atoms with van der Waals surface area (Å²) >= 11 is 0. The van der Waals surface area contributed by atoms with Gasteiger partial charge in [0.2, 0.25) is 0 Å². The summed E-state index contributed by atoms with van der Waals surface area (Å²) in [6, 6.07) is 10.7. The normalized spacial score (nSPS) is 15.7. The number of hydrogen-bond acceptors (Lipinski definition) is 4. The number of aromatic nitrogens is 2. The first kappa shape index (κ1) is 13.9. The van der Waals surface area contributed by atoms with Gasteiger partial charge in [0.1, 0.15) is 17.5 Å². The lowest BCUT2D eigenvalue weighted by Gasteiger charge is -2.20. The number of nitrogen functional groups attached to an aromatic ring is 1. The molecule has 2 aromatic rings. The minimum Gasteiger partial charge on any atom is -0.383 e. The molecule has 0 bridgehead atoms. The highest BCUT2D eigenvalue weighted by molar-refractivity contribution is 5.56. The lowest BCUT2D eigenvalue weighted by Crippen LogP contribution is -2.14. The molecule has 1 aliphatic rings. The maximum Gasteiger partial charge on any atom is 0.136 e. The van der Waals surface area contributed by atoms with E-state index in [0.29, 0.717) is 11.7 Å². The molecule has 1 saturated carbocycles. The number of benzene rings is 1. The van der Waals surface area contributed by atoms with Crippen molar-refractivity contribution in [2.45, 2.75) is 45.1 Å². The van der Waals surface area contributed by atoms with Gasteiger partial charge >= 0.3 is 0 Å². The summed E-state index contributed by atoms with van der Waals surface area (Å²) in [4.78, 5) is 9.13. The minimum absolute atomic E-state index is 0.242. The Bertz CT molecular complexity index is 620. The molecule has 0 saturated heterocycles. The van der Waals surface area contributed by atoms with Crippen LogP contribution in [0.15, 0.2) is 30.3 Å². The van der Waals surface area contributed by atoms with Crippen molar-refractivity contribution in [1.82, 2.24) is 9.97 Å². The molecule has 0 radical (unpaired) electrons. The molecule has 1 fully saturated rings. The van der Waals surface area contributed by atoms with Crippen LogP contribution in [-0.4, -0.2) is 9.97 Å². The Morgan fingerprint density at radius 2 is 1.95 bits per heavy atom. The van der Waals surface area contributed by atoms with E-state index in [1.54, 1.807) is 0 Å². The molecule has 1 aliphatic carbocycles. The van der Waals surface area contributed by atoms with E-state index in [2.05, 4.69) is 41.5 Å². The van der Waals surface area contributed by atoms with Gasteiger partial charge in [-0.15, -0.1) is 0 Å². The average molecular weight is 282 g/mol. The highest BCUT2D eigenvalue weighted by Crippen LogP contribution is 2.39. The molecule has 0 amide bonds. The molecular weight excluding hydrogens is 260 g/mol. The highest BCUT2D eigenvalue weighted by Gasteiger charge is 2.28. The summed E-state index contributed by atoms with van der Waals surface area (Å²) in [5.74, 6) is 2.87. The molecule has 0 spiro atoms. The summed E-state index contributed by atoms with van der Waals surface area (Å²) in [6.07, 6.45) is 3.35. The lowest BCUT2D eigenvalue weighted by molar-refractivity contribution is 0.739. The first-order valence-corrected chi connectivity index (χ1v) is 7.64. The van der Waals surface area contributed by atoms with Crippen molar-refractivity contribution in [2.75, 3.05) is 11.1 Å². The van der Waals surface area contributed by atoms with Gasteiger partial charge in [-0.05, 0) is 31.7 Å². The molecular formula is C17H22N4. The number of anilines is 2. The van der Waals surface area contributed by atoms with E-state index < -0.39 is 0 Å². The van der Waals surface area contributed by atoms with E-state index in [4.69, 9.17) is 10.7 Å². The summed E-state index contributed by atoms with van der Waals surface area (Å²) < 4.78 is 0. The molecule has 110 valence electrons. The van der Waals surface area contributed by atoms with Crippen LogP contribution in [0.3, 0.4) is 0 Å². The van der Waals surface area contributed by atoms with Gasteiger partial charge in [0.25, 0.3) is 0 Å². The van der Waals surface area contributed by atoms with Crippen molar-refractivity contribution in [3.05, 3.63) is 47.3 Å². The Kier molecular flexibility index (Phi) is 3.78. The summed E-state index contributed by atoms with van der Waals surface area (Å²) in [7, 11) is 0. The molecule has 3 N–H and O–H groups in total. The van der Waals surface area contributed by atoms with Gasteiger partial charge in [0.15, 0.2) is 0 Å². The van der Waals surface area contributed by atoms with Crippen LogP contribution in [0.5, 0.6) is 0 Å². The van der Waals surface area contributed by atoms with E-state index in [9.17, 15) is 0 Å². The fourth-order valence-corrected chi connectivity index (χ4v) is 2.49. The highest BCUT2D eigenvalue weighted by atomic mass is 15.1. The molecule has 1 aromatic carbocycles. The van der Waals surface area contributed by atoms with Crippen LogP contribution >= 0.6 is 0 Å². The molecule has 1 heterocycles. The fourth-order valence-electron chi connectivity index (χ4n) is 2.49. The fraction of sp³-hybridized carbons (Fsp3) is 0.412. The zero-order valence-corrected chi connectivity index (χ0v) is 12.6. The number of hydrogen-bond donors (Lipinski definition) is 2. The van der Waals surface area contributed by atoms with Crippen LogP contribution < -0.4 is 11.1 Å². The maximum atomic E-state index is 6.05. The smallest absolute Gasteiger partial charge is 0.136 e. The third-order valence-electron chi connectivity index (χ3n) is 4.06. The molecule has 21 heavy (non-hydrogen) atoms. The molecule has 1 unspecified atom stereocenters. The van der Waals surface area contributed by atoms with Crippen LogP contribution in [0.2, 0.25) is 0 Å². The van der Waals surface area contributed by atoms with Crippen LogP contribution in [0, 0.1) is 6.92 Å². The van der Waals surface area contributed by atoms with Crippen LogP contribution in [-0.2, 0) is 0 Å². The summed E-state index contributed by atoms with van der Waals surface area (Å²) in [6.45, 7) is 4.15. The average Bonchev–Trinajstić information content (AvgIpc) is 3.34. The van der Waals surface area contributed by atoms with Gasteiger partial charge in [-0.2, -0.15) is 0 Å². The molecule has 4 heteroatoms. The Morgan fingerprint density at radius 3 is 2.57 bits per heavy atom. The minimum atomic E-state index is 0.242. The molecule has 4 nitrogen and oxygen atoms in total. The van der Waals surface area contributed by atoms with Gasteiger partial charge in [-0.1, -0.05) is 37.3 Å². The predicted octanol–water partition coefficient (Wildman–Crippen LogP) is 3.81. The van der Waals surface area contributed by atoms with E-state index >= 15 is 0 Å². The van der Waals surface area contributed by atoms with Gasteiger partial charge in [-0.3, -0.25) is 0 Å². The summed E-state index contributed by atoms with van der Waals surface area (Å²) in [5.41, 5.74) is 8.26. The Balaban J connectivity index is 1.89. The van der Waals surface area contributed by atoms with Gasteiger partial charge in [-0.25, -0.2) is 9.97 Å². The van der Waals surface area contributed by atoms with Crippen LogP contribution in [0.4, 0.5) is 11.6 Å². The van der Waals surface area contributed by atoms with E-state index in [1.165, 1.54) is 18.4 Å². The lowest BCUT2D eigenvalue weighted by atomic mass is 10.0. The monoisotopic (exact) mass is 282 g/mol. The van der Waals surface area contributed by atoms with Gasteiger partial charge < -0.3 is 11.1 Å². The van der Waals surface area contributed by atoms with Crippen molar-refractivity contribution < 1.29 is 0 Å². The van der Waals surface area contributed by atoms with Crippen molar-refractivity contribution in [3.63, 3.8) is 0 Å². The zero-order chi connectivity index (χ0) is 14.8. The first-order chi connectivity index (χ1) is 10.2. The number of rotatable bonds is 5. The molecule has 0 aliphatic heterocycles. The van der Waals surface area contributed by atoms with Crippen molar-refractivity contribution in [3.8, 4) is 0 Å². The van der Waals surface area contributed by atoms with Crippen molar-refractivity contribution in [2.24, 2.45) is 0 Å². The van der Waals surface area contributed by atoms with Crippen LogP contribution in [0.25, 0.3) is 0 Å². The number of nitrogens with zero attached hydrogens (tertiary/aromatic N) is 2. The third-order valence-corrected chi connectivity index (χ3v) is 4.06. The predicted molar refractivity (Wildman–Crippen MR) is 86.3 cm³/mol. The van der Waals surface area contributed by atoms with Crippen molar-refractivity contribution in [1.29, 1.82) is 0 Å². The Morgan fingerprint density at radius 1 is 1.24 bits per heavy atom. The number of nitrogens with one attached hydrogen (secondary N) is 1. The van der Waals surface area contributed by atoms with E-state index in [0.717, 1.165) is 23.6 Å². The first-order valence-electron chi connectivity index (χ1n) is 7.64. The molecule has 3 rings (SSSR count). The Hall–Kier alpha value is -2.10. The quantitative estimate of drug-likeness (QED) is 0.875. The van der Waals surface area contributed by atoms with Crippen LogP contribution in [0.1, 0.15) is 55.1 Å². The van der Waals surface area contributed by atoms with Crippen molar-refractivity contribution >= 4 is 11.6 Å². The van der Waals surface area contributed by atoms with Gasteiger partial charge in [0.05, 0.1) is 6.04 Å². The topological polar surface area (TPSA) is 63.8 Å². The third kappa shape index (κ3) is 2.99. The maximum absolute atomic E-state index is 6.05. The largest absolute Gasteiger partial charge is 0.383 e. The molecule has 1 atom stereocenters. The second-order valence-electron chi connectivity index (χ2n) is 5.73.